The quantitative estimate of drug-likeness (QED) is 0.145. The minimum atomic E-state index is -5.32. The van der Waals surface area contributed by atoms with Crippen LogP contribution in [0.4, 0.5) is 64.1 Å². The van der Waals surface area contributed by atoms with Gasteiger partial charge in [0.15, 0.2) is 10.2 Å². The maximum atomic E-state index is 14.0. The standard InChI is InChI=1S/C32H22F12N4S2/c33-29(34,35)19-11-20(30(36,37)38)14-23(13-19)47(27(45)49)25(17-7-3-1-4-8-17)26(18-9-5-2-6-10-18)48(28(46)50)24-15-21(31(39,40)41)12-22(16-24)32(42,43)44/h1-16,25-26H,(H2,45,49)(H2,46,50)/t25-,26-/m1/s1. The van der Waals surface area contributed by atoms with Crippen molar-refractivity contribution in [3.63, 3.8) is 0 Å². The summed E-state index contributed by atoms with van der Waals surface area (Å²) in [7, 11) is 0. The van der Waals surface area contributed by atoms with E-state index in [1.54, 1.807) is 0 Å². The molecule has 0 aliphatic rings. The summed E-state index contributed by atoms with van der Waals surface area (Å²) >= 11 is 10.4. The molecule has 0 amide bonds. The third kappa shape index (κ3) is 8.58. The van der Waals surface area contributed by atoms with Crippen LogP contribution in [0, 0.1) is 0 Å². The van der Waals surface area contributed by atoms with Gasteiger partial charge < -0.3 is 21.3 Å². The van der Waals surface area contributed by atoms with Crippen molar-refractivity contribution in [3.8, 4) is 0 Å². The molecule has 0 spiro atoms. The molecule has 0 aliphatic carbocycles. The van der Waals surface area contributed by atoms with Crippen LogP contribution in [0.2, 0.25) is 0 Å². The lowest BCUT2D eigenvalue weighted by Crippen LogP contribution is -2.49. The number of benzene rings is 4. The molecule has 18 heteroatoms. The van der Waals surface area contributed by atoms with Gasteiger partial charge in [-0.15, -0.1) is 0 Å². The SMILES string of the molecule is NC(=S)N(c1cc(C(F)(F)F)cc(C(F)(F)F)c1)[C@H](c1ccccc1)[C@@H](c1ccccc1)N(C(N)=S)c1cc(C(F)(F)F)cc(C(F)(F)F)c1. The fraction of sp³-hybridized carbons (Fsp3) is 0.188. The molecular weight excluding hydrogens is 732 g/mol. The summed E-state index contributed by atoms with van der Waals surface area (Å²) in [4.78, 5) is 1.35. The van der Waals surface area contributed by atoms with Crippen LogP contribution in [0.1, 0.15) is 45.5 Å². The number of alkyl halides is 12. The summed E-state index contributed by atoms with van der Waals surface area (Å²) in [6, 6.07) is 11.6. The van der Waals surface area contributed by atoms with Gasteiger partial charge in [-0.3, -0.25) is 0 Å². The molecule has 2 atom stereocenters. The maximum Gasteiger partial charge on any atom is 0.416 e. The zero-order valence-corrected chi connectivity index (χ0v) is 26.4. The number of halogens is 12. The molecule has 0 radical (unpaired) electrons. The van der Waals surface area contributed by atoms with Crippen molar-refractivity contribution in [1.82, 2.24) is 0 Å². The minimum Gasteiger partial charge on any atom is -0.376 e. The maximum absolute atomic E-state index is 14.0. The Balaban J connectivity index is 2.17. The van der Waals surface area contributed by atoms with Gasteiger partial charge in [-0.05, 0) is 72.0 Å². The van der Waals surface area contributed by atoms with Crippen LogP contribution in [0.15, 0.2) is 97.1 Å². The topological polar surface area (TPSA) is 58.5 Å². The Morgan fingerprint density at radius 1 is 0.440 bits per heavy atom. The number of anilines is 2. The molecule has 4 N–H and O–H groups in total. The molecular formula is C32H22F12N4S2. The first-order valence-corrected chi connectivity index (χ1v) is 14.7. The molecule has 0 saturated carbocycles. The average Bonchev–Trinajstić information content (AvgIpc) is 3.01. The average molecular weight is 755 g/mol. The lowest BCUT2D eigenvalue weighted by atomic mass is 9.89. The largest absolute Gasteiger partial charge is 0.416 e. The van der Waals surface area contributed by atoms with Gasteiger partial charge in [0.2, 0.25) is 0 Å². The third-order valence-corrected chi connectivity index (χ3v) is 7.71. The van der Waals surface area contributed by atoms with Gasteiger partial charge in [0.05, 0.1) is 34.3 Å². The summed E-state index contributed by atoms with van der Waals surface area (Å²) in [5.74, 6) is 0. The molecule has 0 heterocycles. The van der Waals surface area contributed by atoms with Crippen molar-refractivity contribution in [2.75, 3.05) is 9.80 Å². The molecule has 4 rings (SSSR count). The highest BCUT2D eigenvalue weighted by molar-refractivity contribution is 7.80. The van der Waals surface area contributed by atoms with E-state index in [0.717, 1.165) is 0 Å². The van der Waals surface area contributed by atoms with Gasteiger partial charge in [-0.2, -0.15) is 52.7 Å². The molecule has 0 saturated heterocycles. The first-order chi connectivity index (χ1) is 23.0. The third-order valence-electron chi connectivity index (χ3n) is 7.31. The van der Waals surface area contributed by atoms with E-state index in [2.05, 4.69) is 0 Å². The van der Waals surface area contributed by atoms with E-state index >= 15 is 0 Å². The molecule has 0 aliphatic heterocycles. The Bertz CT molecular complexity index is 1640. The van der Waals surface area contributed by atoms with Crippen molar-refractivity contribution < 1.29 is 52.7 Å². The Hall–Kier alpha value is -4.58. The van der Waals surface area contributed by atoms with Gasteiger partial charge in [-0.25, -0.2) is 0 Å². The molecule has 50 heavy (non-hydrogen) atoms. The number of hydrogen-bond acceptors (Lipinski definition) is 2. The molecule has 266 valence electrons. The first-order valence-electron chi connectivity index (χ1n) is 13.9. The van der Waals surface area contributed by atoms with E-state index in [4.69, 9.17) is 35.9 Å². The number of rotatable bonds is 7. The lowest BCUT2D eigenvalue weighted by Gasteiger charge is -2.44. The molecule has 0 unspecified atom stereocenters. The monoisotopic (exact) mass is 754 g/mol. The zero-order valence-electron chi connectivity index (χ0n) is 24.8. The predicted molar refractivity (Wildman–Crippen MR) is 170 cm³/mol. The molecule has 0 bridgehead atoms. The zero-order chi connectivity index (χ0) is 37.4. The van der Waals surface area contributed by atoms with Crippen molar-refractivity contribution >= 4 is 46.0 Å². The Kier molecular flexibility index (Phi) is 10.7. The van der Waals surface area contributed by atoms with Crippen LogP contribution in [0.5, 0.6) is 0 Å². The second-order valence-corrected chi connectivity index (χ2v) is 11.5. The highest BCUT2D eigenvalue weighted by atomic mass is 32.1. The van der Waals surface area contributed by atoms with Crippen molar-refractivity contribution in [2.45, 2.75) is 36.8 Å². The van der Waals surface area contributed by atoms with E-state index in [9.17, 15) is 52.7 Å². The Morgan fingerprint density at radius 2 is 0.680 bits per heavy atom. The van der Waals surface area contributed by atoms with E-state index in [1.807, 2.05) is 0 Å². The fourth-order valence-electron chi connectivity index (χ4n) is 5.25. The van der Waals surface area contributed by atoms with Crippen LogP contribution in [0.3, 0.4) is 0 Å². The van der Waals surface area contributed by atoms with Crippen LogP contribution in [-0.4, -0.2) is 10.2 Å². The smallest absolute Gasteiger partial charge is 0.376 e. The van der Waals surface area contributed by atoms with Crippen LogP contribution >= 0.6 is 24.4 Å². The van der Waals surface area contributed by atoms with Crippen LogP contribution in [-0.2, 0) is 24.7 Å². The summed E-state index contributed by atoms with van der Waals surface area (Å²) < 4.78 is 168. The van der Waals surface area contributed by atoms with E-state index < -0.39 is 80.6 Å². The number of nitrogens with zero attached hydrogens (tertiary/aromatic N) is 2. The van der Waals surface area contributed by atoms with Crippen LogP contribution in [0.25, 0.3) is 0 Å². The van der Waals surface area contributed by atoms with Crippen molar-refractivity contribution in [3.05, 3.63) is 130 Å². The van der Waals surface area contributed by atoms with Crippen molar-refractivity contribution in [2.24, 2.45) is 11.5 Å². The van der Waals surface area contributed by atoms with Gasteiger partial charge in [0.1, 0.15) is 0 Å². The Morgan fingerprint density at radius 3 is 0.880 bits per heavy atom. The molecule has 0 fully saturated rings. The van der Waals surface area contributed by atoms with Gasteiger partial charge in [0, 0.05) is 11.4 Å². The van der Waals surface area contributed by atoms with Crippen molar-refractivity contribution in [1.29, 1.82) is 0 Å². The fourth-order valence-corrected chi connectivity index (χ4v) is 5.69. The lowest BCUT2D eigenvalue weighted by molar-refractivity contribution is -0.144. The van der Waals surface area contributed by atoms with Gasteiger partial charge >= 0.3 is 24.7 Å². The first kappa shape index (κ1) is 38.2. The highest BCUT2D eigenvalue weighted by Crippen LogP contribution is 2.47. The molecule has 0 aromatic heterocycles. The van der Waals surface area contributed by atoms with E-state index in [-0.39, 0.29) is 23.3 Å². The van der Waals surface area contributed by atoms with E-state index in [0.29, 0.717) is 34.1 Å². The van der Waals surface area contributed by atoms with Crippen LogP contribution < -0.4 is 21.3 Å². The number of nitrogens with two attached hydrogens (primary N) is 2. The highest BCUT2D eigenvalue weighted by Gasteiger charge is 2.43. The minimum absolute atomic E-state index is 0.0318. The second kappa shape index (κ2) is 14.0. The number of thiocarbonyl (C=S) groups is 2. The van der Waals surface area contributed by atoms with Gasteiger partial charge in [0.25, 0.3) is 0 Å². The second-order valence-electron chi connectivity index (χ2n) is 10.7. The summed E-state index contributed by atoms with van der Waals surface area (Å²) in [5, 5.41) is -1.65. The number of hydrogen-bond donors (Lipinski definition) is 2. The summed E-state index contributed by atoms with van der Waals surface area (Å²) in [5.41, 5.74) is 3.37. The molecule has 4 nitrogen and oxygen atoms in total. The Labute approximate surface area is 286 Å². The van der Waals surface area contributed by atoms with Gasteiger partial charge in [-0.1, -0.05) is 60.7 Å². The summed E-state index contributed by atoms with van der Waals surface area (Å²) in [6.07, 6.45) is -21.3. The normalized spacial score (nSPS) is 13.8. The summed E-state index contributed by atoms with van der Waals surface area (Å²) in [6.45, 7) is 0. The predicted octanol–water partition coefficient (Wildman–Crippen LogP) is 10.0. The van der Waals surface area contributed by atoms with E-state index in [1.165, 1.54) is 60.7 Å². The molecule has 4 aromatic carbocycles. The molecule has 4 aromatic rings.